The van der Waals surface area contributed by atoms with Gasteiger partial charge < -0.3 is 4.74 Å². The number of ether oxygens (including phenoxy) is 1. The van der Waals surface area contributed by atoms with Gasteiger partial charge in [-0.15, -0.1) is 0 Å². The maximum atomic E-state index is 12.0. The topological polar surface area (TPSA) is 26.3 Å². The summed E-state index contributed by atoms with van der Waals surface area (Å²) in [6, 6.07) is 0. The van der Waals surface area contributed by atoms with Crippen LogP contribution in [0.1, 0.15) is 53.4 Å². The van der Waals surface area contributed by atoms with E-state index in [1.165, 1.54) is 25.7 Å². The van der Waals surface area contributed by atoms with Crippen LogP contribution in [0.25, 0.3) is 0 Å². The van der Waals surface area contributed by atoms with E-state index in [-0.39, 0.29) is 23.4 Å². The summed E-state index contributed by atoms with van der Waals surface area (Å²) in [5, 5.41) is 0. The van der Waals surface area contributed by atoms with Gasteiger partial charge in [0.1, 0.15) is 0 Å². The van der Waals surface area contributed by atoms with Crippen LogP contribution < -0.4 is 0 Å². The molecule has 0 aliphatic heterocycles. The first-order chi connectivity index (χ1) is 7.93. The Labute approximate surface area is 104 Å². The van der Waals surface area contributed by atoms with E-state index >= 15 is 0 Å². The molecule has 2 rings (SSSR count). The van der Waals surface area contributed by atoms with Crippen molar-refractivity contribution >= 4 is 5.97 Å². The van der Waals surface area contributed by atoms with Crippen LogP contribution in [0.15, 0.2) is 11.6 Å². The highest BCUT2D eigenvalue weighted by atomic mass is 16.5. The predicted octanol–water partition coefficient (Wildman–Crippen LogP) is 3.71. The van der Waals surface area contributed by atoms with E-state index in [1.54, 1.807) is 5.57 Å². The molecule has 0 saturated heterocycles. The van der Waals surface area contributed by atoms with E-state index < -0.39 is 0 Å². The zero-order valence-corrected chi connectivity index (χ0v) is 11.5. The standard InChI is InChI=1S/C15H24O2/c1-10(2)17-14(16)13-12(15(13,3)4)9-11-7-5-6-8-11/h9-10,12-13H,5-8H2,1-4H3/t12-,13-/m0/s1. The molecule has 0 spiro atoms. The minimum absolute atomic E-state index is 0.00122. The average Bonchev–Trinajstić information content (AvgIpc) is 2.62. The Morgan fingerprint density at radius 1 is 1.35 bits per heavy atom. The van der Waals surface area contributed by atoms with Crippen molar-refractivity contribution in [2.45, 2.75) is 59.5 Å². The van der Waals surface area contributed by atoms with Crippen molar-refractivity contribution in [3.8, 4) is 0 Å². The first-order valence-electron chi connectivity index (χ1n) is 6.83. The Hall–Kier alpha value is -0.790. The Morgan fingerprint density at radius 3 is 2.47 bits per heavy atom. The zero-order valence-electron chi connectivity index (χ0n) is 11.5. The molecule has 0 radical (unpaired) electrons. The minimum Gasteiger partial charge on any atom is -0.463 e. The summed E-state index contributed by atoms with van der Waals surface area (Å²) in [6.45, 7) is 8.18. The SMILES string of the molecule is CC(C)OC(=O)[C@@H]1[C@H](C=C2CCCC2)C1(C)C. The quantitative estimate of drug-likeness (QED) is 0.551. The number of rotatable bonds is 3. The van der Waals surface area contributed by atoms with Crippen molar-refractivity contribution in [2.75, 3.05) is 0 Å². The second-order valence-corrected chi connectivity index (χ2v) is 6.34. The summed E-state index contributed by atoms with van der Waals surface area (Å²) in [7, 11) is 0. The van der Waals surface area contributed by atoms with Crippen molar-refractivity contribution < 1.29 is 9.53 Å². The summed E-state index contributed by atoms with van der Waals surface area (Å²) in [5.41, 5.74) is 1.66. The molecule has 0 aromatic carbocycles. The van der Waals surface area contributed by atoms with Crippen LogP contribution in [0.2, 0.25) is 0 Å². The molecule has 2 aliphatic rings. The summed E-state index contributed by atoms with van der Waals surface area (Å²) < 4.78 is 5.34. The lowest BCUT2D eigenvalue weighted by Crippen LogP contribution is -2.15. The van der Waals surface area contributed by atoms with E-state index in [0.29, 0.717) is 5.92 Å². The lowest BCUT2D eigenvalue weighted by Gasteiger charge is -2.08. The highest BCUT2D eigenvalue weighted by Gasteiger charge is 2.61. The molecule has 2 aliphatic carbocycles. The number of hydrogen-bond acceptors (Lipinski definition) is 2. The maximum absolute atomic E-state index is 12.0. The number of carbonyl (C=O) groups is 1. The molecule has 0 bridgehead atoms. The van der Waals surface area contributed by atoms with Crippen LogP contribution in [0, 0.1) is 17.3 Å². The third kappa shape index (κ3) is 2.56. The fraction of sp³-hybridized carbons (Fsp3) is 0.800. The van der Waals surface area contributed by atoms with Gasteiger partial charge in [-0.2, -0.15) is 0 Å². The van der Waals surface area contributed by atoms with Gasteiger partial charge in [0, 0.05) is 0 Å². The predicted molar refractivity (Wildman–Crippen MR) is 68.5 cm³/mol. The maximum Gasteiger partial charge on any atom is 0.310 e. The average molecular weight is 236 g/mol. The molecule has 0 heterocycles. The van der Waals surface area contributed by atoms with Gasteiger partial charge in [-0.1, -0.05) is 25.5 Å². The third-order valence-corrected chi connectivity index (χ3v) is 4.18. The molecule has 0 amide bonds. The van der Waals surface area contributed by atoms with Gasteiger partial charge in [0.05, 0.1) is 12.0 Å². The Balaban J connectivity index is 2.00. The van der Waals surface area contributed by atoms with Crippen molar-refractivity contribution in [3.05, 3.63) is 11.6 Å². The van der Waals surface area contributed by atoms with Crippen molar-refractivity contribution in [1.82, 2.24) is 0 Å². The third-order valence-electron chi connectivity index (χ3n) is 4.18. The molecule has 17 heavy (non-hydrogen) atoms. The molecule has 96 valence electrons. The van der Waals surface area contributed by atoms with Gasteiger partial charge in [0.25, 0.3) is 0 Å². The fourth-order valence-electron chi connectivity index (χ4n) is 2.99. The number of esters is 1. The van der Waals surface area contributed by atoms with E-state index in [2.05, 4.69) is 19.9 Å². The van der Waals surface area contributed by atoms with Gasteiger partial charge in [-0.25, -0.2) is 0 Å². The second kappa shape index (κ2) is 4.47. The molecule has 2 fully saturated rings. The zero-order chi connectivity index (χ0) is 12.6. The summed E-state index contributed by atoms with van der Waals surface area (Å²) in [5.74, 6) is 0.477. The largest absolute Gasteiger partial charge is 0.463 e. The van der Waals surface area contributed by atoms with Gasteiger partial charge in [-0.05, 0) is 50.9 Å². The summed E-state index contributed by atoms with van der Waals surface area (Å²) in [6.07, 6.45) is 7.47. The normalized spacial score (nSPS) is 30.5. The van der Waals surface area contributed by atoms with E-state index in [9.17, 15) is 4.79 Å². The molecule has 0 aromatic heterocycles. The van der Waals surface area contributed by atoms with Gasteiger partial charge in [-0.3, -0.25) is 4.79 Å². The fourth-order valence-corrected chi connectivity index (χ4v) is 2.99. The highest BCUT2D eigenvalue weighted by Crippen LogP contribution is 2.60. The van der Waals surface area contributed by atoms with Crippen molar-refractivity contribution in [1.29, 1.82) is 0 Å². The summed E-state index contributed by atoms with van der Waals surface area (Å²) in [4.78, 5) is 12.0. The lowest BCUT2D eigenvalue weighted by atomic mass is 10.1. The van der Waals surface area contributed by atoms with Crippen LogP contribution in [-0.4, -0.2) is 12.1 Å². The molecule has 2 atom stereocenters. The molecular formula is C15H24O2. The number of allylic oxidation sites excluding steroid dienone is 2. The molecule has 0 unspecified atom stereocenters. The monoisotopic (exact) mass is 236 g/mol. The van der Waals surface area contributed by atoms with Crippen LogP contribution in [0.5, 0.6) is 0 Å². The molecule has 2 saturated carbocycles. The number of carbonyl (C=O) groups excluding carboxylic acids is 1. The summed E-state index contributed by atoms with van der Waals surface area (Å²) >= 11 is 0. The van der Waals surface area contributed by atoms with E-state index in [1.807, 2.05) is 13.8 Å². The Morgan fingerprint density at radius 2 is 1.94 bits per heavy atom. The van der Waals surface area contributed by atoms with Gasteiger partial charge >= 0.3 is 5.97 Å². The van der Waals surface area contributed by atoms with Gasteiger partial charge in [0.2, 0.25) is 0 Å². The van der Waals surface area contributed by atoms with Crippen LogP contribution in [-0.2, 0) is 9.53 Å². The molecule has 2 nitrogen and oxygen atoms in total. The number of hydrogen-bond donors (Lipinski definition) is 0. The van der Waals surface area contributed by atoms with Crippen LogP contribution in [0.3, 0.4) is 0 Å². The van der Waals surface area contributed by atoms with E-state index in [4.69, 9.17) is 4.74 Å². The van der Waals surface area contributed by atoms with Crippen molar-refractivity contribution in [2.24, 2.45) is 17.3 Å². The van der Waals surface area contributed by atoms with Crippen LogP contribution >= 0.6 is 0 Å². The Kier molecular flexibility index (Phi) is 3.33. The minimum atomic E-state index is -0.00940. The van der Waals surface area contributed by atoms with Crippen molar-refractivity contribution in [3.63, 3.8) is 0 Å². The Bertz CT molecular complexity index is 331. The molecular weight excluding hydrogens is 212 g/mol. The van der Waals surface area contributed by atoms with Crippen LogP contribution in [0.4, 0.5) is 0 Å². The first kappa shape index (κ1) is 12.7. The smallest absolute Gasteiger partial charge is 0.310 e. The molecule has 2 heteroatoms. The second-order valence-electron chi connectivity index (χ2n) is 6.34. The molecule has 0 aromatic rings. The highest BCUT2D eigenvalue weighted by molar-refractivity contribution is 5.78. The lowest BCUT2D eigenvalue weighted by molar-refractivity contribution is -0.150. The van der Waals surface area contributed by atoms with E-state index in [0.717, 1.165) is 0 Å². The van der Waals surface area contributed by atoms with Gasteiger partial charge in [0.15, 0.2) is 0 Å². The first-order valence-corrected chi connectivity index (χ1v) is 6.83. The molecule has 0 N–H and O–H groups in total.